The zero-order chi connectivity index (χ0) is 20.0. The third-order valence-corrected chi connectivity index (χ3v) is 4.80. The Labute approximate surface area is 159 Å². The van der Waals surface area contributed by atoms with Crippen molar-refractivity contribution < 1.29 is 19.1 Å². The molecule has 1 fully saturated rings. The van der Waals surface area contributed by atoms with Crippen molar-refractivity contribution in [3.63, 3.8) is 0 Å². The third kappa shape index (κ3) is 4.57. The summed E-state index contributed by atoms with van der Waals surface area (Å²) in [6.45, 7) is 3.66. The van der Waals surface area contributed by atoms with Crippen molar-refractivity contribution in [3.8, 4) is 5.75 Å². The largest absolute Gasteiger partial charge is 0.497 e. The van der Waals surface area contributed by atoms with Crippen molar-refractivity contribution in [1.82, 2.24) is 15.5 Å². The Kier molecular flexibility index (Phi) is 6.79. The summed E-state index contributed by atoms with van der Waals surface area (Å²) in [4.78, 5) is 38.4. The Morgan fingerprint density at radius 2 is 2.00 bits per heavy atom. The van der Waals surface area contributed by atoms with Crippen LogP contribution >= 0.6 is 0 Å². The highest BCUT2D eigenvalue weighted by atomic mass is 16.5. The number of carbonyl (C=O) groups is 3. The number of unbranched alkanes of at least 4 members (excludes halogenated alkanes) is 1. The SMILES string of the molecule is CCCCC(CN)NC(=O)CN1C(=O)NC(C)(c2ccc(OC)cc2)C1=O. The molecular formula is C19H28N4O4. The van der Waals surface area contributed by atoms with E-state index in [9.17, 15) is 14.4 Å². The zero-order valence-electron chi connectivity index (χ0n) is 16.1. The molecule has 4 amide bonds. The van der Waals surface area contributed by atoms with Crippen molar-refractivity contribution >= 4 is 17.8 Å². The second-order valence-corrected chi connectivity index (χ2v) is 6.82. The lowest BCUT2D eigenvalue weighted by atomic mass is 9.92. The normalized spacial score (nSPS) is 20.4. The van der Waals surface area contributed by atoms with Gasteiger partial charge in [-0.1, -0.05) is 31.9 Å². The average Bonchev–Trinajstić information content (AvgIpc) is 2.89. The lowest BCUT2D eigenvalue weighted by Gasteiger charge is -2.23. The molecule has 0 spiro atoms. The van der Waals surface area contributed by atoms with E-state index in [4.69, 9.17) is 10.5 Å². The molecule has 0 radical (unpaired) electrons. The molecule has 148 valence electrons. The molecular weight excluding hydrogens is 348 g/mol. The molecule has 1 saturated heterocycles. The number of nitrogens with zero attached hydrogens (tertiary/aromatic N) is 1. The number of amides is 4. The maximum Gasteiger partial charge on any atom is 0.325 e. The maximum absolute atomic E-state index is 12.9. The van der Waals surface area contributed by atoms with E-state index in [1.165, 1.54) is 0 Å². The number of methoxy groups -OCH3 is 1. The van der Waals surface area contributed by atoms with Crippen LogP contribution in [0.4, 0.5) is 4.79 Å². The van der Waals surface area contributed by atoms with E-state index in [2.05, 4.69) is 17.6 Å². The topological polar surface area (TPSA) is 114 Å². The summed E-state index contributed by atoms with van der Waals surface area (Å²) >= 11 is 0. The van der Waals surface area contributed by atoms with Crippen LogP contribution in [0.15, 0.2) is 24.3 Å². The van der Waals surface area contributed by atoms with Crippen molar-refractivity contribution in [1.29, 1.82) is 0 Å². The summed E-state index contributed by atoms with van der Waals surface area (Å²) < 4.78 is 5.12. The Morgan fingerprint density at radius 3 is 2.56 bits per heavy atom. The molecule has 1 aromatic rings. The van der Waals surface area contributed by atoms with Crippen molar-refractivity contribution in [3.05, 3.63) is 29.8 Å². The number of hydrogen-bond acceptors (Lipinski definition) is 5. The number of ether oxygens (including phenoxy) is 1. The Bertz CT molecular complexity index is 691. The van der Waals surface area contributed by atoms with E-state index >= 15 is 0 Å². The minimum absolute atomic E-state index is 0.161. The van der Waals surface area contributed by atoms with Crippen LogP contribution in [0.1, 0.15) is 38.7 Å². The molecule has 0 bridgehead atoms. The highest BCUT2D eigenvalue weighted by Gasteiger charge is 2.49. The summed E-state index contributed by atoms with van der Waals surface area (Å²) in [5.41, 5.74) is 5.08. The zero-order valence-corrected chi connectivity index (χ0v) is 16.1. The molecule has 0 aromatic heterocycles. The van der Waals surface area contributed by atoms with E-state index < -0.39 is 23.4 Å². The molecule has 1 heterocycles. The summed E-state index contributed by atoms with van der Waals surface area (Å²) in [7, 11) is 1.55. The van der Waals surface area contributed by atoms with Crippen LogP contribution in [0.2, 0.25) is 0 Å². The van der Waals surface area contributed by atoms with Gasteiger partial charge in [0.25, 0.3) is 5.91 Å². The number of benzene rings is 1. The van der Waals surface area contributed by atoms with Gasteiger partial charge in [0.15, 0.2) is 0 Å². The molecule has 2 rings (SSSR count). The molecule has 4 N–H and O–H groups in total. The number of hydrogen-bond donors (Lipinski definition) is 3. The Balaban J connectivity index is 2.07. The van der Waals surface area contributed by atoms with Crippen molar-refractivity contribution in [2.75, 3.05) is 20.2 Å². The predicted molar refractivity (Wildman–Crippen MR) is 101 cm³/mol. The van der Waals surface area contributed by atoms with Gasteiger partial charge in [0.2, 0.25) is 5.91 Å². The van der Waals surface area contributed by atoms with Crippen LogP contribution in [0.3, 0.4) is 0 Å². The van der Waals surface area contributed by atoms with Gasteiger partial charge in [0.1, 0.15) is 17.8 Å². The van der Waals surface area contributed by atoms with Gasteiger partial charge in [-0.2, -0.15) is 0 Å². The Hall–Kier alpha value is -2.61. The fourth-order valence-corrected chi connectivity index (χ4v) is 3.08. The van der Waals surface area contributed by atoms with E-state index in [0.717, 1.165) is 24.2 Å². The lowest BCUT2D eigenvalue weighted by molar-refractivity contribution is -0.135. The summed E-state index contributed by atoms with van der Waals surface area (Å²) in [6, 6.07) is 6.12. The van der Waals surface area contributed by atoms with E-state index in [-0.39, 0.29) is 12.6 Å². The summed E-state index contributed by atoms with van der Waals surface area (Å²) in [5, 5.41) is 5.48. The van der Waals surface area contributed by atoms with Gasteiger partial charge in [0.05, 0.1) is 7.11 Å². The molecule has 8 nitrogen and oxygen atoms in total. The second-order valence-electron chi connectivity index (χ2n) is 6.82. The first kappa shape index (κ1) is 20.7. The molecule has 0 aliphatic carbocycles. The first-order valence-corrected chi connectivity index (χ1v) is 9.13. The molecule has 1 aromatic carbocycles. The summed E-state index contributed by atoms with van der Waals surface area (Å²) in [6.07, 6.45) is 2.71. The van der Waals surface area contributed by atoms with Gasteiger partial charge in [0, 0.05) is 12.6 Å². The van der Waals surface area contributed by atoms with Gasteiger partial charge in [-0.25, -0.2) is 4.79 Å². The molecule has 8 heteroatoms. The number of nitrogens with two attached hydrogens (primary N) is 1. The molecule has 2 unspecified atom stereocenters. The maximum atomic E-state index is 12.9. The van der Waals surface area contributed by atoms with Gasteiger partial charge >= 0.3 is 6.03 Å². The monoisotopic (exact) mass is 376 g/mol. The molecule has 2 atom stereocenters. The van der Waals surface area contributed by atoms with E-state index in [0.29, 0.717) is 17.9 Å². The van der Waals surface area contributed by atoms with Crippen LogP contribution in [0.5, 0.6) is 5.75 Å². The number of nitrogens with one attached hydrogen (secondary N) is 2. The van der Waals surface area contributed by atoms with Gasteiger partial charge in [-0.15, -0.1) is 0 Å². The standard InChI is InChI=1S/C19H28N4O4/c1-4-5-6-14(11-20)21-16(24)12-23-17(25)19(2,22-18(23)26)13-7-9-15(27-3)10-8-13/h7-10,14H,4-6,11-12,20H2,1-3H3,(H,21,24)(H,22,26). The highest BCUT2D eigenvalue weighted by Crippen LogP contribution is 2.29. The lowest BCUT2D eigenvalue weighted by Crippen LogP contribution is -2.47. The van der Waals surface area contributed by atoms with Crippen LogP contribution < -0.4 is 21.1 Å². The first-order chi connectivity index (χ1) is 12.8. The van der Waals surface area contributed by atoms with Gasteiger partial charge in [-0.05, 0) is 31.0 Å². The average molecular weight is 376 g/mol. The number of imide groups is 1. The number of urea groups is 1. The summed E-state index contributed by atoms with van der Waals surface area (Å²) in [5.74, 6) is -0.218. The molecule has 0 saturated carbocycles. The quantitative estimate of drug-likeness (QED) is 0.559. The third-order valence-electron chi connectivity index (χ3n) is 4.80. The fraction of sp³-hybridized carbons (Fsp3) is 0.526. The number of carbonyl (C=O) groups excluding carboxylic acids is 3. The molecule has 27 heavy (non-hydrogen) atoms. The molecule has 1 aliphatic heterocycles. The Morgan fingerprint density at radius 1 is 1.33 bits per heavy atom. The van der Waals surface area contributed by atoms with Crippen LogP contribution in [0.25, 0.3) is 0 Å². The number of rotatable bonds is 9. The van der Waals surface area contributed by atoms with Gasteiger partial charge < -0.3 is 21.1 Å². The van der Waals surface area contributed by atoms with Gasteiger partial charge in [-0.3, -0.25) is 14.5 Å². The van der Waals surface area contributed by atoms with E-state index in [1.54, 1.807) is 38.3 Å². The minimum atomic E-state index is -1.22. The van der Waals surface area contributed by atoms with Crippen LogP contribution in [0, 0.1) is 0 Å². The van der Waals surface area contributed by atoms with Crippen molar-refractivity contribution in [2.45, 2.75) is 44.7 Å². The predicted octanol–water partition coefficient (Wildman–Crippen LogP) is 1.10. The first-order valence-electron chi connectivity index (χ1n) is 9.13. The fourth-order valence-electron chi connectivity index (χ4n) is 3.08. The van der Waals surface area contributed by atoms with Crippen LogP contribution in [-0.4, -0.2) is 49.0 Å². The smallest absolute Gasteiger partial charge is 0.325 e. The second kappa shape index (κ2) is 8.85. The highest BCUT2D eigenvalue weighted by molar-refractivity contribution is 6.09. The van der Waals surface area contributed by atoms with Crippen LogP contribution in [-0.2, 0) is 15.1 Å². The van der Waals surface area contributed by atoms with Crippen molar-refractivity contribution in [2.24, 2.45) is 5.73 Å². The molecule has 1 aliphatic rings. The minimum Gasteiger partial charge on any atom is -0.497 e. The van der Waals surface area contributed by atoms with E-state index in [1.807, 2.05) is 0 Å².